The van der Waals surface area contributed by atoms with Crippen LogP contribution in [0.15, 0.2) is 66.2 Å². The van der Waals surface area contributed by atoms with Crippen molar-refractivity contribution in [1.29, 1.82) is 0 Å². The number of nitrogens with one attached hydrogen (secondary N) is 2. The van der Waals surface area contributed by atoms with Crippen molar-refractivity contribution in [1.82, 2.24) is 4.98 Å². The zero-order valence-corrected chi connectivity index (χ0v) is 16.1. The van der Waals surface area contributed by atoms with Gasteiger partial charge in [0.1, 0.15) is 11.1 Å². The predicted molar refractivity (Wildman–Crippen MR) is 104 cm³/mol. The fourth-order valence-electron chi connectivity index (χ4n) is 2.05. The van der Waals surface area contributed by atoms with Crippen LogP contribution < -0.4 is 10.0 Å². The molecule has 1 unspecified atom stereocenters. The molecule has 1 aromatic carbocycles. The van der Waals surface area contributed by atoms with Crippen molar-refractivity contribution in [3.05, 3.63) is 61.3 Å². The molecule has 0 saturated carbocycles. The molecular weight excluding hydrogens is 390 g/mol. The Morgan fingerprint density at radius 2 is 1.81 bits per heavy atom. The number of carbonyl (C=O) groups is 1. The number of hydrogen-bond donors (Lipinski definition) is 2. The highest BCUT2D eigenvalue weighted by molar-refractivity contribution is 7.93. The summed E-state index contributed by atoms with van der Waals surface area (Å²) < 4.78 is 50.8. The highest BCUT2D eigenvalue weighted by atomic mass is 32.2. The fraction of sp³-hybridized carbons (Fsp3) is 0.176. The van der Waals surface area contributed by atoms with Crippen molar-refractivity contribution in [2.24, 2.45) is 0 Å². The number of nitrogens with zero attached hydrogens (tertiary/aromatic N) is 1. The van der Waals surface area contributed by atoms with Gasteiger partial charge in [0.15, 0.2) is 9.84 Å². The zero-order valence-electron chi connectivity index (χ0n) is 14.5. The van der Waals surface area contributed by atoms with Gasteiger partial charge in [0.2, 0.25) is 5.91 Å². The topological polar surface area (TPSA) is 122 Å². The molecule has 0 aliphatic carbocycles. The molecule has 1 amide bonds. The largest absolute Gasteiger partial charge is 0.325 e. The maximum absolute atomic E-state index is 12.3. The molecule has 0 spiro atoms. The van der Waals surface area contributed by atoms with Crippen molar-refractivity contribution >= 4 is 37.3 Å². The predicted octanol–water partition coefficient (Wildman–Crippen LogP) is 1.81. The molecule has 2 aromatic rings. The number of pyridine rings is 1. The molecule has 0 fully saturated rings. The summed E-state index contributed by atoms with van der Waals surface area (Å²) in [7, 11) is -7.48. The molecule has 1 atom stereocenters. The van der Waals surface area contributed by atoms with Gasteiger partial charge in [0.05, 0.1) is 10.6 Å². The lowest BCUT2D eigenvalue weighted by Crippen LogP contribution is -2.33. The summed E-state index contributed by atoms with van der Waals surface area (Å²) in [6, 6.07) is 10.1. The van der Waals surface area contributed by atoms with E-state index in [1.165, 1.54) is 49.5 Å². The highest BCUT2D eigenvalue weighted by Crippen LogP contribution is 2.17. The van der Waals surface area contributed by atoms with Gasteiger partial charge in [-0.15, -0.1) is 6.58 Å². The Hall–Kier alpha value is -2.72. The van der Waals surface area contributed by atoms with Crippen LogP contribution in [0, 0.1) is 0 Å². The van der Waals surface area contributed by atoms with E-state index in [1.807, 2.05) is 0 Å². The lowest BCUT2D eigenvalue weighted by atomic mass is 10.3. The normalized spacial score (nSPS) is 12.8. The summed E-state index contributed by atoms with van der Waals surface area (Å²) in [5.41, 5.74) is 0.275. The number of carbonyl (C=O) groups excluding carboxylic acids is 1. The van der Waals surface area contributed by atoms with E-state index >= 15 is 0 Å². The summed E-state index contributed by atoms with van der Waals surface area (Å²) >= 11 is 0. The van der Waals surface area contributed by atoms with E-state index in [1.54, 1.807) is 12.1 Å². The first-order chi connectivity index (χ1) is 12.7. The molecule has 0 bridgehead atoms. The monoisotopic (exact) mass is 409 g/mol. The Morgan fingerprint density at radius 3 is 2.37 bits per heavy atom. The third-order valence-corrected chi connectivity index (χ3v) is 6.96. The van der Waals surface area contributed by atoms with Crippen molar-refractivity contribution in [3.63, 3.8) is 0 Å². The molecule has 10 heteroatoms. The van der Waals surface area contributed by atoms with Crippen LogP contribution in [0.3, 0.4) is 0 Å². The summed E-state index contributed by atoms with van der Waals surface area (Å²) in [4.78, 5) is 16.0. The Balaban J connectivity index is 2.11. The summed E-state index contributed by atoms with van der Waals surface area (Å²) in [6.07, 6.45) is 2.67. The second-order valence-corrected chi connectivity index (χ2v) is 9.64. The van der Waals surface area contributed by atoms with Crippen LogP contribution in [0.5, 0.6) is 0 Å². The lowest BCUT2D eigenvalue weighted by molar-refractivity contribution is -0.115. The maximum atomic E-state index is 12.3. The Morgan fingerprint density at radius 1 is 1.15 bits per heavy atom. The van der Waals surface area contributed by atoms with E-state index in [-0.39, 0.29) is 22.2 Å². The average molecular weight is 409 g/mol. The van der Waals surface area contributed by atoms with E-state index in [2.05, 4.69) is 21.6 Å². The SMILES string of the molecule is C=CCS(=O)(=O)C(C)C(=O)Nc1ccc(S(=O)(=O)Nc2ccccn2)cc1. The molecule has 0 aliphatic heterocycles. The second-order valence-electron chi connectivity index (χ2n) is 5.59. The number of benzene rings is 1. The first-order valence-corrected chi connectivity index (χ1v) is 11.0. The summed E-state index contributed by atoms with van der Waals surface area (Å²) in [5, 5.41) is 1.20. The van der Waals surface area contributed by atoms with Crippen molar-refractivity contribution < 1.29 is 21.6 Å². The van der Waals surface area contributed by atoms with Crippen LogP contribution in [0.4, 0.5) is 11.5 Å². The Bertz CT molecular complexity index is 1020. The Labute approximate surface area is 158 Å². The average Bonchev–Trinajstić information content (AvgIpc) is 2.62. The van der Waals surface area contributed by atoms with Gasteiger partial charge in [-0.25, -0.2) is 21.8 Å². The van der Waals surface area contributed by atoms with E-state index in [0.717, 1.165) is 0 Å². The quantitative estimate of drug-likeness (QED) is 0.641. The summed E-state index contributed by atoms with van der Waals surface area (Å²) in [5.74, 6) is -0.840. The molecule has 27 heavy (non-hydrogen) atoms. The van der Waals surface area contributed by atoms with Gasteiger partial charge in [-0.3, -0.25) is 9.52 Å². The van der Waals surface area contributed by atoms with E-state index in [9.17, 15) is 21.6 Å². The van der Waals surface area contributed by atoms with E-state index in [4.69, 9.17) is 0 Å². The standard InChI is InChI=1S/C17H19N3O5S2/c1-3-12-26(22,23)13(2)17(21)19-14-7-9-15(10-8-14)27(24,25)20-16-6-4-5-11-18-16/h3-11,13H,1,12H2,2H3,(H,18,20)(H,19,21). The van der Waals surface area contributed by atoms with Crippen LogP contribution in [-0.2, 0) is 24.7 Å². The van der Waals surface area contributed by atoms with Crippen molar-refractivity contribution in [2.45, 2.75) is 17.1 Å². The van der Waals surface area contributed by atoms with Crippen LogP contribution in [-0.4, -0.2) is 38.7 Å². The van der Waals surface area contributed by atoms with Crippen molar-refractivity contribution in [2.75, 3.05) is 15.8 Å². The van der Waals surface area contributed by atoms with Gasteiger partial charge in [-0.2, -0.15) is 0 Å². The van der Waals surface area contributed by atoms with Crippen LogP contribution in [0.2, 0.25) is 0 Å². The maximum Gasteiger partial charge on any atom is 0.263 e. The third kappa shape index (κ3) is 5.38. The molecule has 144 valence electrons. The highest BCUT2D eigenvalue weighted by Gasteiger charge is 2.26. The molecule has 1 heterocycles. The molecule has 0 radical (unpaired) electrons. The molecule has 2 N–H and O–H groups in total. The minimum Gasteiger partial charge on any atom is -0.325 e. The number of aromatic nitrogens is 1. The van der Waals surface area contributed by atoms with Gasteiger partial charge in [0, 0.05) is 11.9 Å². The van der Waals surface area contributed by atoms with E-state index in [0.29, 0.717) is 0 Å². The van der Waals surface area contributed by atoms with Crippen LogP contribution in [0.25, 0.3) is 0 Å². The molecular formula is C17H19N3O5S2. The van der Waals surface area contributed by atoms with Crippen LogP contribution >= 0.6 is 0 Å². The number of amides is 1. The number of sulfone groups is 1. The Kier molecular flexibility index (Phi) is 6.34. The lowest BCUT2D eigenvalue weighted by Gasteiger charge is -2.13. The summed E-state index contributed by atoms with van der Waals surface area (Å²) in [6.45, 7) is 4.64. The second kappa shape index (κ2) is 8.31. The molecule has 0 saturated heterocycles. The molecule has 8 nitrogen and oxygen atoms in total. The van der Waals surface area contributed by atoms with Gasteiger partial charge >= 0.3 is 0 Å². The van der Waals surface area contributed by atoms with Gasteiger partial charge in [0.25, 0.3) is 10.0 Å². The minimum absolute atomic E-state index is 0.0292. The van der Waals surface area contributed by atoms with Crippen molar-refractivity contribution in [3.8, 4) is 0 Å². The van der Waals surface area contributed by atoms with Gasteiger partial charge in [-0.1, -0.05) is 12.1 Å². The molecule has 1 aromatic heterocycles. The van der Waals surface area contributed by atoms with Gasteiger partial charge < -0.3 is 5.32 Å². The third-order valence-electron chi connectivity index (χ3n) is 3.59. The number of hydrogen-bond acceptors (Lipinski definition) is 6. The zero-order chi connectivity index (χ0) is 20.1. The van der Waals surface area contributed by atoms with Gasteiger partial charge in [-0.05, 0) is 43.3 Å². The minimum atomic E-state index is -3.84. The number of sulfonamides is 1. The number of anilines is 2. The smallest absolute Gasteiger partial charge is 0.263 e. The van der Waals surface area contributed by atoms with Crippen LogP contribution in [0.1, 0.15) is 6.92 Å². The number of rotatable bonds is 8. The molecule has 0 aliphatic rings. The van der Waals surface area contributed by atoms with E-state index < -0.39 is 31.0 Å². The fourth-order valence-corrected chi connectivity index (χ4v) is 4.06. The first-order valence-electron chi connectivity index (χ1n) is 7.83. The molecule has 2 rings (SSSR count). The first kappa shape index (κ1) is 20.6.